The molecule has 0 aromatic heterocycles. The summed E-state index contributed by atoms with van der Waals surface area (Å²) in [5.41, 5.74) is 6.68. The molecule has 50 heteroatoms. The Kier molecular flexibility index (Phi) is 70.5. The third-order valence-corrected chi connectivity index (χ3v) is 25.6. The summed E-state index contributed by atoms with van der Waals surface area (Å²) in [4.78, 5) is 108. The van der Waals surface area contributed by atoms with Crippen molar-refractivity contribution in [1.82, 2.24) is 88.6 Å². The van der Waals surface area contributed by atoms with E-state index in [1.54, 1.807) is 65.9 Å². The molecular weight excluding hydrogens is 1970 g/mol. The minimum absolute atomic E-state index is 0.0579. The normalized spacial score (nSPS) is 18.5. The van der Waals surface area contributed by atoms with Crippen molar-refractivity contribution in [3.8, 4) is 0 Å². The van der Waals surface area contributed by atoms with Crippen LogP contribution in [-0.4, -0.2) is 535 Å². The van der Waals surface area contributed by atoms with Crippen LogP contribution in [0.4, 0.5) is 0 Å². The van der Waals surface area contributed by atoms with E-state index in [9.17, 15) is 43.3 Å². The number of hydrogen-bond donors (Lipinski definition) is 3. The van der Waals surface area contributed by atoms with Crippen molar-refractivity contribution in [2.45, 2.75) is 172 Å². The van der Waals surface area contributed by atoms with Gasteiger partial charge in [-0.1, -0.05) is 51.1 Å². The highest BCUT2D eigenvalue weighted by atomic mass is 32.2. The number of benzene rings is 1. The minimum atomic E-state index is -3.31. The number of ether oxygens (including phenoxy) is 1. The Morgan fingerprint density at radius 2 is 0.892 bits per heavy atom. The van der Waals surface area contributed by atoms with Crippen molar-refractivity contribution in [2.24, 2.45) is 84.8 Å². The second kappa shape index (κ2) is 76.0. The molecule has 1 aromatic rings. The molecule has 0 radical (unpaired) electrons. The second-order valence-corrected chi connectivity index (χ2v) is 44.2. The number of rotatable bonds is 8. The number of likely N-dealkylation sites (N-methyl/N-ethyl adjacent to an activating group) is 1. The van der Waals surface area contributed by atoms with Crippen molar-refractivity contribution >= 4 is 141 Å². The lowest BCUT2D eigenvalue weighted by molar-refractivity contribution is -0.129. The van der Waals surface area contributed by atoms with E-state index in [-0.39, 0.29) is 11.8 Å². The zero-order chi connectivity index (χ0) is 112. The van der Waals surface area contributed by atoms with Gasteiger partial charge in [0.25, 0.3) is 36.1 Å². The van der Waals surface area contributed by atoms with E-state index in [4.69, 9.17) is 15.3 Å². The predicted molar refractivity (Wildman–Crippen MR) is 618 cm³/mol. The molecule has 46 nitrogen and oxygen atoms in total. The molecule has 2 saturated heterocycles. The first-order valence-electron chi connectivity index (χ1n) is 51.1. The number of carbonyl (C=O) groups excluding carboxylic acids is 2. The van der Waals surface area contributed by atoms with Gasteiger partial charge in [-0.2, -0.15) is 8.80 Å². The third-order valence-electron chi connectivity index (χ3n) is 23.2. The zero-order valence-electron chi connectivity index (χ0n) is 96.5. The van der Waals surface area contributed by atoms with Crippen LogP contribution in [0, 0.1) is 5.92 Å². The summed E-state index contributed by atoms with van der Waals surface area (Å²) >= 11 is 0. The van der Waals surface area contributed by atoms with Crippen LogP contribution in [0.5, 0.6) is 0 Å². The SMILES string of the molecule is CC(=NS(C)(=O)=O)N(C)C.CC(=NS(C)(=O)=O)N1CCCC1.CC(=O)NC1=NCCCN1C.CC(C)C1=NCCCN1C.CC1=NCCCN1C.CC1=NCCN1C.CCC1=NCCCN1C.CN1C=NCCC1.CN1CCCN=C1N.CN1CCCN=C1N1CCCCC1=O.CN1CCCN=C1NS(C)(=O)=O.CN1CCCN=C1c1ccccc1.CN=C(C)N(C)C.COC1=NCCCN1C.CON(C)C(C)=NS(C)(=O)=O. The fraction of sp³-hybridized carbons (Fsp3) is 0.765. The van der Waals surface area contributed by atoms with Gasteiger partial charge in [-0.3, -0.25) is 84.3 Å². The van der Waals surface area contributed by atoms with E-state index in [1.807, 2.05) is 112 Å². The Morgan fingerprint density at radius 1 is 0.453 bits per heavy atom. The standard InChI is InChI=1S/C11H14N2.C10H17N3O.C8H16N2.C7H13N3O.C7H14N2O2S.C7H14N2.C6H13N3O2S.C6H12N2O.C6H12N2.C5H11N3.C5H12N2O3S.C5H12N2O2S.2C5H10N2.C5H12N2/c1-13-9-5-8-12-11(13)10-6-3-2-4-7-10;1-12-7-4-6-11-10(12)13-8-3-2-5-9(13)14;1-7(2)8-9-5-4-6-10(8)3;1-6(11)9-7-8-4-3-5-10(7)2;1-7(8-12(2,10)11)9-5-3-4-6-9;1-3-7-8-5-4-6-9(7)2;1-9-5-3-4-7-6(9)8-12(2,10)11;1-8-5-3-4-7-6(8)9-2;1-6-7-4-3-5-8(6)2;1-8-4-2-3-7-5(8)6;1-5(7(2)10-3)6-11(4,8)9;1-5(7(2)3)6-10(4,8)9;1-5-6-3-4-7(5)2;1-7-4-2-3-6-5-7;1-5(6-2)7(3)4/h2-4,6-7H,5,8-9H2,1H3;2-8H2,1H3;7H,4-6H2,1-3H3;3-5H2,1-2H3,(H,8,9,11);3-6H2,1-2H3;3-6H2,1-2H3;3-5H2,1-2H3,(H,7,8);3-5H2,1-2H3;3-5H2,1-2H3;2-4H2,1H3,(H2,6,7);1-4H3;1-4H3;3-4H2,1-2H3;5H,2-4H2,1H3;1-4H3. The molecule has 0 aliphatic carbocycles. The molecule has 4 N–H and O–H groups in total. The number of amidine groups is 10. The van der Waals surface area contributed by atoms with Gasteiger partial charge in [0.15, 0.2) is 11.9 Å². The first kappa shape index (κ1) is 137. The number of nitrogens with zero attached hydrogens (tertiary/aromatic N) is 31. The monoisotopic (exact) mass is 2170 g/mol. The summed E-state index contributed by atoms with van der Waals surface area (Å²) in [6.45, 7) is 43.9. The van der Waals surface area contributed by atoms with E-state index in [0.29, 0.717) is 54.3 Å². The van der Waals surface area contributed by atoms with Gasteiger partial charge in [-0.25, -0.2) is 43.7 Å². The van der Waals surface area contributed by atoms with Crippen LogP contribution in [0.2, 0.25) is 0 Å². The number of sulfonamides is 4. The highest BCUT2D eigenvalue weighted by Gasteiger charge is 2.27. The molecule has 148 heavy (non-hydrogen) atoms. The fourth-order valence-corrected chi connectivity index (χ4v) is 16.6. The maximum atomic E-state index is 11.7. The number of carbonyl (C=O) groups is 2. The Labute approximate surface area is 892 Å². The number of nitrogens with one attached hydrogen (secondary N) is 2. The molecule has 13 aliphatic heterocycles. The average molecular weight is 2170 g/mol. The molecule has 14 rings (SSSR count). The zero-order valence-corrected chi connectivity index (χ0v) is 99.8. The topological polar surface area (TPSA) is 476 Å². The maximum absolute atomic E-state index is 11.7. The summed E-state index contributed by atoms with van der Waals surface area (Å²) in [5.74, 6) is 12.0. The maximum Gasteiger partial charge on any atom is 0.286 e. The predicted octanol–water partition coefficient (Wildman–Crippen LogP) is 6.25. The highest BCUT2D eigenvalue weighted by molar-refractivity contribution is 7.90. The highest BCUT2D eigenvalue weighted by Crippen LogP contribution is 2.17. The quantitative estimate of drug-likeness (QED) is 0.147. The number of likely N-dealkylation sites (tertiary alicyclic amines) is 2. The molecule has 850 valence electrons. The number of piperidine rings is 1. The molecular formula is C98H192N34O12S4. The van der Waals surface area contributed by atoms with Crippen LogP contribution < -0.4 is 15.8 Å². The third kappa shape index (κ3) is 66.0. The van der Waals surface area contributed by atoms with Gasteiger partial charge in [0.1, 0.15) is 29.2 Å². The number of hydrogen-bond acceptors (Lipinski definition) is 36. The van der Waals surface area contributed by atoms with Crippen molar-refractivity contribution in [1.29, 1.82) is 0 Å². The Hall–Kier alpha value is -10.6. The van der Waals surface area contributed by atoms with Crippen LogP contribution in [0.3, 0.4) is 0 Å². The molecule has 2 fully saturated rings. The van der Waals surface area contributed by atoms with E-state index >= 15 is 0 Å². The van der Waals surface area contributed by atoms with Gasteiger partial charge < -0.3 is 79.1 Å². The van der Waals surface area contributed by atoms with Gasteiger partial charge in [-0.05, 0) is 131 Å². The van der Waals surface area contributed by atoms with Gasteiger partial charge in [-0.15, -0.1) is 4.40 Å². The molecule has 1 aromatic carbocycles. The second-order valence-electron chi connectivity index (χ2n) is 37.5. The van der Waals surface area contributed by atoms with E-state index < -0.39 is 40.1 Å². The lowest BCUT2D eigenvalue weighted by atomic mass is 10.1. The molecule has 0 bridgehead atoms. The van der Waals surface area contributed by atoms with Crippen LogP contribution in [0.1, 0.15) is 178 Å². The molecule has 13 aliphatic rings. The smallest absolute Gasteiger partial charge is 0.286 e. The first-order valence-corrected chi connectivity index (χ1v) is 58.6. The van der Waals surface area contributed by atoms with Crippen molar-refractivity contribution in [3.63, 3.8) is 0 Å². The number of nitrogens with two attached hydrogens (primary N) is 1. The fourth-order valence-electron chi connectivity index (χ4n) is 14.2. The largest absolute Gasteiger partial charge is 0.468 e. The van der Waals surface area contributed by atoms with Crippen molar-refractivity contribution < 1.29 is 52.8 Å². The van der Waals surface area contributed by atoms with Crippen molar-refractivity contribution in [2.75, 3.05) is 323 Å². The lowest BCUT2D eigenvalue weighted by Gasteiger charge is -2.35. The summed E-state index contributed by atoms with van der Waals surface area (Å²) < 4.78 is 103. The number of aliphatic imine (C=N–C) groups is 12. The molecule has 13 heterocycles. The molecule has 0 unspecified atom stereocenters. The minimum Gasteiger partial charge on any atom is -0.468 e. The molecule has 2 amide bonds. The molecule has 0 spiro atoms. The molecule has 0 saturated carbocycles. The summed E-state index contributed by atoms with van der Waals surface area (Å²) in [6.07, 6.45) is 23.9. The summed E-state index contributed by atoms with van der Waals surface area (Å²) in [5, 5.41) is 3.93. The Balaban J connectivity index is 0.00000157. The Morgan fingerprint density at radius 3 is 1.24 bits per heavy atom. The van der Waals surface area contributed by atoms with Crippen LogP contribution in [-0.2, 0) is 59.3 Å². The lowest BCUT2D eigenvalue weighted by Crippen LogP contribution is -2.49. The first-order chi connectivity index (χ1) is 69.4. The van der Waals surface area contributed by atoms with Crippen LogP contribution in [0.25, 0.3) is 0 Å². The van der Waals surface area contributed by atoms with E-state index in [2.05, 4.69) is 205 Å². The van der Waals surface area contributed by atoms with Gasteiger partial charge in [0, 0.05) is 308 Å². The molecule has 0 atom stereocenters. The number of methoxy groups -OCH3 is 1. The average Bonchev–Trinajstić information content (AvgIpc) is 1.17. The number of hydroxylamine groups is 2. The summed E-state index contributed by atoms with van der Waals surface area (Å²) in [6, 6.07) is 11.1. The van der Waals surface area contributed by atoms with E-state index in [0.717, 1.165) is 244 Å². The van der Waals surface area contributed by atoms with E-state index in [1.165, 1.54) is 106 Å². The number of guanidine groups is 4. The summed E-state index contributed by atoms with van der Waals surface area (Å²) in [7, 11) is 23.2. The van der Waals surface area contributed by atoms with Crippen LogP contribution >= 0.6 is 0 Å². The Bertz CT molecular complexity index is 4900. The van der Waals surface area contributed by atoms with Crippen LogP contribution in [0.15, 0.2) is 103 Å². The van der Waals surface area contributed by atoms with Gasteiger partial charge in [0.05, 0.1) is 75.5 Å². The van der Waals surface area contributed by atoms with Gasteiger partial charge in [0.2, 0.25) is 33.8 Å². The van der Waals surface area contributed by atoms with Crippen molar-refractivity contribution in [3.05, 3.63) is 35.9 Å². The van der Waals surface area contributed by atoms with Gasteiger partial charge >= 0.3 is 0 Å². The number of amides is 2.